The number of anilines is 1. The second kappa shape index (κ2) is 10.5. The molecule has 7 heteroatoms. The van der Waals surface area contributed by atoms with Gasteiger partial charge in [-0.1, -0.05) is 25.1 Å². The van der Waals surface area contributed by atoms with Crippen LogP contribution in [0.2, 0.25) is 0 Å². The zero-order valence-electron chi connectivity index (χ0n) is 15.8. The van der Waals surface area contributed by atoms with Crippen molar-refractivity contribution in [2.45, 2.75) is 40.2 Å². The molecule has 1 heterocycles. The van der Waals surface area contributed by atoms with E-state index >= 15 is 0 Å². The molecule has 0 bridgehead atoms. The second-order valence-corrected chi connectivity index (χ2v) is 6.16. The number of hydrogen-bond donors (Lipinski definition) is 3. The molecule has 2 rings (SSSR count). The van der Waals surface area contributed by atoms with Crippen LogP contribution in [0, 0.1) is 25.2 Å². The van der Waals surface area contributed by atoms with Crippen LogP contribution < -0.4 is 16.2 Å². The summed E-state index contributed by atoms with van der Waals surface area (Å²) in [5.41, 5.74) is 3.75. The van der Waals surface area contributed by atoms with Crippen molar-refractivity contribution >= 4 is 24.0 Å². The van der Waals surface area contributed by atoms with Crippen LogP contribution in [0.25, 0.3) is 0 Å². The predicted molar refractivity (Wildman–Crippen MR) is 109 cm³/mol. The van der Waals surface area contributed by atoms with E-state index in [9.17, 15) is 9.59 Å². The number of H-pyrrole nitrogens is 1. The van der Waals surface area contributed by atoms with Crippen molar-refractivity contribution in [1.29, 1.82) is 5.26 Å². The fraction of sp³-hybridized carbons (Fsp3) is 0.350. The van der Waals surface area contributed by atoms with Crippen LogP contribution >= 0.6 is 12.4 Å². The number of halogens is 1. The molecule has 144 valence electrons. The molecule has 0 aliphatic rings. The highest BCUT2D eigenvalue weighted by molar-refractivity contribution is 5.91. The summed E-state index contributed by atoms with van der Waals surface area (Å²) in [4.78, 5) is 26.9. The number of carbonyl (C=O) groups excluding carboxylic acids is 1. The van der Waals surface area contributed by atoms with E-state index in [1.807, 2.05) is 37.3 Å². The van der Waals surface area contributed by atoms with Crippen molar-refractivity contribution in [1.82, 2.24) is 10.3 Å². The number of rotatable bonds is 7. The number of nitrogens with one attached hydrogen (secondary N) is 3. The zero-order chi connectivity index (χ0) is 19.1. The normalized spacial score (nSPS) is 10.0. The Morgan fingerprint density at radius 1 is 1.26 bits per heavy atom. The average molecular weight is 389 g/mol. The van der Waals surface area contributed by atoms with Crippen molar-refractivity contribution in [2.24, 2.45) is 0 Å². The molecule has 3 N–H and O–H groups in total. The number of aromatic amines is 1. The van der Waals surface area contributed by atoms with Crippen molar-refractivity contribution in [3.8, 4) is 6.07 Å². The van der Waals surface area contributed by atoms with Crippen molar-refractivity contribution < 1.29 is 4.79 Å². The number of para-hydroxylation sites is 1. The minimum Gasteiger partial charge on any atom is -0.326 e. The molecule has 0 unspecified atom stereocenters. The van der Waals surface area contributed by atoms with Gasteiger partial charge in [-0.05, 0) is 49.6 Å². The Morgan fingerprint density at radius 3 is 2.63 bits per heavy atom. The summed E-state index contributed by atoms with van der Waals surface area (Å²) in [6.45, 7) is 7.12. The number of amides is 1. The standard InChI is InChI=1S/C20H24N4O2.ClH/c1-4-22-12-15-7-5-6-8-18(15)24-19(25)10-9-16-13(2)17(11-21)20(26)23-14(16)3;/h5-8,22H,4,9-10,12H2,1-3H3,(H,23,26)(H,24,25);1H. The molecule has 0 saturated heterocycles. The molecule has 1 aromatic carbocycles. The maximum atomic E-state index is 12.4. The first-order valence-corrected chi connectivity index (χ1v) is 8.68. The molecule has 0 spiro atoms. The molecule has 0 aliphatic carbocycles. The largest absolute Gasteiger partial charge is 0.326 e. The highest BCUT2D eigenvalue weighted by Crippen LogP contribution is 2.17. The molecule has 0 saturated carbocycles. The van der Waals surface area contributed by atoms with Crippen LogP contribution in [0.5, 0.6) is 0 Å². The van der Waals surface area contributed by atoms with Crippen molar-refractivity contribution in [2.75, 3.05) is 11.9 Å². The lowest BCUT2D eigenvalue weighted by atomic mass is 9.99. The Balaban J connectivity index is 0.00000364. The predicted octanol–water partition coefficient (Wildman–Crippen LogP) is 2.97. The Labute approximate surface area is 165 Å². The van der Waals surface area contributed by atoms with Gasteiger partial charge < -0.3 is 15.6 Å². The van der Waals surface area contributed by atoms with E-state index in [-0.39, 0.29) is 35.9 Å². The zero-order valence-corrected chi connectivity index (χ0v) is 16.6. The second-order valence-electron chi connectivity index (χ2n) is 6.16. The topological polar surface area (TPSA) is 97.8 Å². The first-order valence-electron chi connectivity index (χ1n) is 8.68. The van der Waals surface area contributed by atoms with E-state index in [0.29, 0.717) is 24.2 Å². The molecule has 0 atom stereocenters. The van der Waals surface area contributed by atoms with E-state index in [1.165, 1.54) is 0 Å². The summed E-state index contributed by atoms with van der Waals surface area (Å²) in [7, 11) is 0. The Morgan fingerprint density at radius 2 is 1.96 bits per heavy atom. The van der Waals surface area contributed by atoms with Gasteiger partial charge in [-0.3, -0.25) is 9.59 Å². The molecular weight excluding hydrogens is 364 g/mol. The number of carbonyl (C=O) groups is 1. The van der Waals surface area contributed by atoms with Crippen molar-refractivity contribution in [3.63, 3.8) is 0 Å². The lowest BCUT2D eigenvalue weighted by molar-refractivity contribution is -0.116. The van der Waals surface area contributed by atoms with Crippen LogP contribution in [-0.4, -0.2) is 17.4 Å². The number of nitrogens with zero attached hydrogens (tertiary/aromatic N) is 1. The molecule has 0 aliphatic heterocycles. The first-order chi connectivity index (χ1) is 12.5. The van der Waals surface area contributed by atoms with Gasteiger partial charge in [0.2, 0.25) is 5.91 Å². The summed E-state index contributed by atoms with van der Waals surface area (Å²) in [5.74, 6) is -0.0996. The number of hydrogen-bond acceptors (Lipinski definition) is 4. The van der Waals surface area contributed by atoms with Gasteiger partial charge in [0, 0.05) is 24.3 Å². The minimum absolute atomic E-state index is 0. The molecule has 0 fully saturated rings. The average Bonchev–Trinajstić information content (AvgIpc) is 2.61. The summed E-state index contributed by atoms with van der Waals surface area (Å²) in [5, 5.41) is 15.3. The Bertz CT molecular complexity index is 900. The molecule has 6 nitrogen and oxygen atoms in total. The molecule has 1 amide bonds. The summed E-state index contributed by atoms with van der Waals surface area (Å²) < 4.78 is 0. The van der Waals surface area contributed by atoms with Crippen LogP contribution in [0.4, 0.5) is 5.69 Å². The summed E-state index contributed by atoms with van der Waals surface area (Å²) in [6.07, 6.45) is 0.735. The number of aromatic nitrogens is 1. The lowest BCUT2D eigenvalue weighted by Gasteiger charge is -2.13. The lowest BCUT2D eigenvalue weighted by Crippen LogP contribution is -2.19. The van der Waals surface area contributed by atoms with E-state index in [4.69, 9.17) is 5.26 Å². The van der Waals surface area contributed by atoms with Crippen LogP contribution in [-0.2, 0) is 17.8 Å². The third-order valence-electron chi connectivity index (χ3n) is 4.38. The highest BCUT2D eigenvalue weighted by atomic mass is 35.5. The van der Waals surface area contributed by atoms with Crippen molar-refractivity contribution in [3.05, 3.63) is 62.6 Å². The maximum Gasteiger partial charge on any atom is 0.266 e. The van der Waals surface area contributed by atoms with Gasteiger partial charge in [0.1, 0.15) is 11.6 Å². The third kappa shape index (κ3) is 5.68. The summed E-state index contributed by atoms with van der Waals surface area (Å²) in [6, 6.07) is 9.63. The van der Waals surface area contributed by atoms with Gasteiger partial charge in [-0.15, -0.1) is 12.4 Å². The van der Waals surface area contributed by atoms with Gasteiger partial charge in [0.25, 0.3) is 5.56 Å². The molecular formula is C20H25ClN4O2. The van der Waals surface area contributed by atoms with Crippen LogP contribution in [0.1, 0.15) is 41.3 Å². The molecule has 27 heavy (non-hydrogen) atoms. The van der Waals surface area contributed by atoms with Crippen LogP contribution in [0.3, 0.4) is 0 Å². The van der Waals surface area contributed by atoms with Gasteiger partial charge in [-0.25, -0.2) is 0 Å². The first kappa shape index (κ1) is 22.4. The third-order valence-corrected chi connectivity index (χ3v) is 4.38. The highest BCUT2D eigenvalue weighted by Gasteiger charge is 2.14. The molecule has 0 radical (unpaired) electrons. The minimum atomic E-state index is -0.381. The van der Waals surface area contributed by atoms with Gasteiger partial charge in [-0.2, -0.15) is 5.26 Å². The monoisotopic (exact) mass is 388 g/mol. The smallest absolute Gasteiger partial charge is 0.266 e. The number of nitriles is 1. The van der Waals surface area contributed by atoms with Crippen LogP contribution in [0.15, 0.2) is 29.1 Å². The van der Waals surface area contributed by atoms with Gasteiger partial charge >= 0.3 is 0 Å². The molecule has 2 aromatic rings. The summed E-state index contributed by atoms with van der Waals surface area (Å²) >= 11 is 0. The van der Waals surface area contributed by atoms with E-state index in [1.54, 1.807) is 13.8 Å². The van der Waals surface area contributed by atoms with E-state index in [2.05, 4.69) is 15.6 Å². The quantitative estimate of drug-likeness (QED) is 0.679. The number of benzene rings is 1. The SMILES string of the molecule is CCNCc1ccccc1NC(=O)CCc1c(C)[nH]c(=O)c(C#N)c1C.Cl. The van der Waals surface area contributed by atoms with E-state index in [0.717, 1.165) is 23.4 Å². The number of aryl methyl sites for hydroxylation is 1. The maximum absolute atomic E-state index is 12.4. The van der Waals surface area contributed by atoms with E-state index < -0.39 is 0 Å². The van der Waals surface area contributed by atoms with Gasteiger partial charge in [0.05, 0.1) is 0 Å². The fourth-order valence-corrected chi connectivity index (χ4v) is 2.93. The Kier molecular flexibility index (Phi) is 8.73. The number of pyridine rings is 1. The molecule has 1 aromatic heterocycles. The van der Waals surface area contributed by atoms with Gasteiger partial charge in [0.15, 0.2) is 0 Å². The Hall–Kier alpha value is -2.62. The fourth-order valence-electron chi connectivity index (χ4n) is 2.93.